The summed E-state index contributed by atoms with van der Waals surface area (Å²) in [5.41, 5.74) is 3.88. The fourth-order valence-electron chi connectivity index (χ4n) is 4.00. The van der Waals surface area contributed by atoms with Crippen molar-refractivity contribution < 1.29 is 9.53 Å². The van der Waals surface area contributed by atoms with E-state index < -0.39 is 0 Å². The molecule has 2 aliphatic rings. The van der Waals surface area contributed by atoms with Gasteiger partial charge in [-0.25, -0.2) is 9.67 Å². The molecule has 0 radical (unpaired) electrons. The van der Waals surface area contributed by atoms with E-state index in [2.05, 4.69) is 23.5 Å². The first-order valence-electron chi connectivity index (χ1n) is 9.55. The van der Waals surface area contributed by atoms with Crippen molar-refractivity contribution in [3.05, 3.63) is 41.0 Å². The minimum Gasteiger partial charge on any atom is -0.381 e. The molecule has 26 heavy (non-hydrogen) atoms. The van der Waals surface area contributed by atoms with Gasteiger partial charge in [0, 0.05) is 26.1 Å². The van der Waals surface area contributed by atoms with Crippen molar-refractivity contribution in [1.29, 1.82) is 0 Å². The van der Waals surface area contributed by atoms with E-state index in [9.17, 15) is 4.79 Å². The molecular weight excluding hydrogens is 328 g/mol. The van der Waals surface area contributed by atoms with Crippen LogP contribution in [0, 0.1) is 0 Å². The van der Waals surface area contributed by atoms with E-state index in [1.807, 2.05) is 11.6 Å². The number of nitrogens with zero attached hydrogens (tertiary/aromatic N) is 3. The van der Waals surface area contributed by atoms with Gasteiger partial charge < -0.3 is 10.1 Å². The van der Waals surface area contributed by atoms with E-state index >= 15 is 0 Å². The second kappa shape index (κ2) is 7.19. The second-order valence-electron chi connectivity index (χ2n) is 7.36. The van der Waals surface area contributed by atoms with Gasteiger partial charge in [0.1, 0.15) is 0 Å². The summed E-state index contributed by atoms with van der Waals surface area (Å²) in [5, 5.41) is 7.81. The highest BCUT2D eigenvalue weighted by molar-refractivity contribution is 5.73. The largest absolute Gasteiger partial charge is 0.381 e. The van der Waals surface area contributed by atoms with Crippen LogP contribution in [0.2, 0.25) is 0 Å². The Kier molecular flexibility index (Phi) is 4.76. The number of rotatable bonds is 4. The molecule has 1 atom stereocenters. The van der Waals surface area contributed by atoms with Crippen molar-refractivity contribution in [2.24, 2.45) is 0 Å². The summed E-state index contributed by atoms with van der Waals surface area (Å²) in [6.45, 7) is 5.01. The maximum atomic E-state index is 11.6. The summed E-state index contributed by atoms with van der Waals surface area (Å²) in [5.74, 6) is 1.91. The molecule has 1 fully saturated rings. The Bertz CT molecular complexity index is 808. The molecule has 4 rings (SSSR count). The van der Waals surface area contributed by atoms with E-state index in [1.165, 1.54) is 24.5 Å². The van der Waals surface area contributed by atoms with Gasteiger partial charge in [-0.05, 0) is 62.3 Å². The standard InChI is InChI=1S/C20H26N4O2/c1-13(21-14(2)25)20-22-19(16-8-10-26-11-9-16)23-24(20)18-7-6-15-4-3-5-17(15)12-18/h6-7,12-13,16H,3-5,8-11H2,1-2H3,(H,21,25)/t13-/m0/s1. The van der Waals surface area contributed by atoms with Crippen LogP contribution in [-0.4, -0.2) is 33.9 Å². The van der Waals surface area contributed by atoms with Gasteiger partial charge in [0.25, 0.3) is 0 Å². The quantitative estimate of drug-likeness (QED) is 0.917. The molecular formula is C20H26N4O2. The Labute approximate surface area is 154 Å². The highest BCUT2D eigenvalue weighted by atomic mass is 16.5. The van der Waals surface area contributed by atoms with Crippen LogP contribution in [0.15, 0.2) is 18.2 Å². The fraction of sp³-hybridized carbons (Fsp3) is 0.550. The van der Waals surface area contributed by atoms with Crippen molar-refractivity contribution in [3.8, 4) is 5.69 Å². The lowest BCUT2D eigenvalue weighted by Gasteiger charge is -2.18. The number of amides is 1. The molecule has 138 valence electrons. The Morgan fingerprint density at radius 1 is 1.27 bits per heavy atom. The number of aryl methyl sites for hydroxylation is 2. The van der Waals surface area contributed by atoms with Crippen molar-refractivity contribution >= 4 is 5.91 Å². The third kappa shape index (κ3) is 3.38. The minimum atomic E-state index is -0.193. The Hall–Kier alpha value is -2.21. The van der Waals surface area contributed by atoms with Gasteiger partial charge in [0.05, 0.1) is 11.7 Å². The van der Waals surface area contributed by atoms with E-state index in [0.29, 0.717) is 5.92 Å². The van der Waals surface area contributed by atoms with Crippen molar-refractivity contribution in [1.82, 2.24) is 20.1 Å². The minimum absolute atomic E-state index is 0.0615. The lowest BCUT2D eigenvalue weighted by atomic mass is 10.00. The molecule has 1 aromatic heterocycles. The smallest absolute Gasteiger partial charge is 0.217 e. The third-order valence-electron chi connectivity index (χ3n) is 5.37. The molecule has 6 heteroatoms. The lowest BCUT2D eigenvalue weighted by molar-refractivity contribution is -0.119. The average molecular weight is 354 g/mol. The summed E-state index contributed by atoms with van der Waals surface area (Å²) < 4.78 is 7.39. The predicted octanol–water partition coefficient (Wildman–Crippen LogP) is 2.85. The second-order valence-corrected chi connectivity index (χ2v) is 7.36. The average Bonchev–Trinajstić information content (AvgIpc) is 3.28. The monoisotopic (exact) mass is 354 g/mol. The molecule has 1 aliphatic carbocycles. The third-order valence-corrected chi connectivity index (χ3v) is 5.37. The summed E-state index contributed by atoms with van der Waals surface area (Å²) in [4.78, 5) is 16.4. The molecule has 0 spiro atoms. The van der Waals surface area contributed by atoms with Crippen LogP contribution in [0.25, 0.3) is 5.69 Å². The number of carbonyl (C=O) groups is 1. The van der Waals surface area contributed by atoms with Gasteiger partial charge in [-0.2, -0.15) is 5.10 Å². The van der Waals surface area contributed by atoms with Crippen molar-refractivity contribution in [2.75, 3.05) is 13.2 Å². The van der Waals surface area contributed by atoms with Gasteiger partial charge in [-0.1, -0.05) is 6.07 Å². The summed E-state index contributed by atoms with van der Waals surface area (Å²) in [6, 6.07) is 6.37. The van der Waals surface area contributed by atoms with Crippen molar-refractivity contribution in [3.63, 3.8) is 0 Å². The summed E-state index contributed by atoms with van der Waals surface area (Å²) in [6.07, 6.45) is 5.40. The Morgan fingerprint density at radius 3 is 2.81 bits per heavy atom. The van der Waals surface area contributed by atoms with E-state index in [0.717, 1.165) is 56.2 Å². The van der Waals surface area contributed by atoms with Crippen LogP contribution in [0.5, 0.6) is 0 Å². The van der Waals surface area contributed by atoms with Crippen LogP contribution in [0.1, 0.15) is 67.8 Å². The highest BCUT2D eigenvalue weighted by Crippen LogP contribution is 2.29. The number of nitrogens with one attached hydrogen (secondary N) is 1. The molecule has 1 saturated heterocycles. The van der Waals surface area contributed by atoms with Crippen LogP contribution in [0.4, 0.5) is 0 Å². The number of aromatic nitrogens is 3. The van der Waals surface area contributed by atoms with Gasteiger partial charge in [0.2, 0.25) is 5.91 Å². The van der Waals surface area contributed by atoms with E-state index in [4.69, 9.17) is 14.8 Å². The molecule has 2 aromatic rings. The molecule has 1 aliphatic heterocycles. The zero-order valence-electron chi connectivity index (χ0n) is 15.5. The maximum Gasteiger partial charge on any atom is 0.217 e. The number of benzene rings is 1. The van der Waals surface area contributed by atoms with Gasteiger partial charge in [-0.15, -0.1) is 0 Å². The first-order chi connectivity index (χ1) is 12.6. The van der Waals surface area contributed by atoms with Crippen LogP contribution >= 0.6 is 0 Å². The summed E-state index contributed by atoms with van der Waals surface area (Å²) >= 11 is 0. The number of hydrogen-bond acceptors (Lipinski definition) is 4. The SMILES string of the molecule is CC(=O)N[C@@H](C)c1nc(C2CCOCC2)nn1-c1ccc2c(c1)CCC2. The maximum absolute atomic E-state index is 11.6. The van der Waals surface area contributed by atoms with Gasteiger partial charge in [-0.3, -0.25) is 4.79 Å². The first kappa shape index (κ1) is 17.2. The molecule has 2 heterocycles. The number of fused-ring (bicyclic) bond motifs is 1. The fourth-order valence-corrected chi connectivity index (χ4v) is 4.00. The zero-order chi connectivity index (χ0) is 18.1. The van der Waals surface area contributed by atoms with Crippen LogP contribution < -0.4 is 5.32 Å². The highest BCUT2D eigenvalue weighted by Gasteiger charge is 2.25. The predicted molar refractivity (Wildman–Crippen MR) is 98.4 cm³/mol. The molecule has 1 amide bonds. The number of hydrogen-bond donors (Lipinski definition) is 1. The molecule has 0 saturated carbocycles. The van der Waals surface area contributed by atoms with E-state index in [1.54, 1.807) is 0 Å². The lowest BCUT2D eigenvalue weighted by Crippen LogP contribution is -2.26. The van der Waals surface area contributed by atoms with Gasteiger partial charge >= 0.3 is 0 Å². The van der Waals surface area contributed by atoms with Gasteiger partial charge in [0.15, 0.2) is 11.6 Å². The Morgan fingerprint density at radius 2 is 2.04 bits per heavy atom. The summed E-state index contributed by atoms with van der Waals surface area (Å²) in [7, 11) is 0. The number of carbonyl (C=O) groups excluding carboxylic acids is 1. The zero-order valence-corrected chi connectivity index (χ0v) is 15.5. The molecule has 6 nitrogen and oxygen atoms in total. The van der Waals surface area contributed by atoms with E-state index in [-0.39, 0.29) is 11.9 Å². The molecule has 0 unspecified atom stereocenters. The molecule has 0 bridgehead atoms. The topological polar surface area (TPSA) is 69.0 Å². The molecule has 1 N–H and O–H groups in total. The Balaban J connectivity index is 1.73. The number of ether oxygens (including phenoxy) is 1. The van der Waals surface area contributed by atoms with Crippen LogP contribution in [0.3, 0.4) is 0 Å². The molecule has 1 aromatic carbocycles. The van der Waals surface area contributed by atoms with Crippen LogP contribution in [-0.2, 0) is 22.4 Å². The normalized spacial score (nSPS) is 18.5. The van der Waals surface area contributed by atoms with Crippen molar-refractivity contribution in [2.45, 2.75) is 57.9 Å². The first-order valence-corrected chi connectivity index (χ1v) is 9.55.